The molecule has 2 atom stereocenters. The van der Waals surface area contributed by atoms with Gasteiger partial charge in [-0.05, 0) is 26.7 Å². The van der Waals surface area contributed by atoms with Crippen LogP contribution in [0.4, 0.5) is 11.5 Å². The molecular formula is C13H22N4O3. The van der Waals surface area contributed by atoms with Gasteiger partial charge in [0.1, 0.15) is 5.69 Å². The molecule has 2 rings (SSSR count). The van der Waals surface area contributed by atoms with E-state index in [-0.39, 0.29) is 16.7 Å². The van der Waals surface area contributed by atoms with Gasteiger partial charge in [0, 0.05) is 25.6 Å². The van der Waals surface area contributed by atoms with Crippen molar-refractivity contribution in [3.05, 3.63) is 15.8 Å². The molecule has 0 spiro atoms. The molecule has 1 fully saturated rings. The van der Waals surface area contributed by atoms with Gasteiger partial charge in [0.05, 0.1) is 11.0 Å². The van der Waals surface area contributed by atoms with Gasteiger partial charge in [-0.2, -0.15) is 5.10 Å². The lowest BCUT2D eigenvalue weighted by atomic mass is 10.00. The summed E-state index contributed by atoms with van der Waals surface area (Å²) in [5.41, 5.74) is 0.535. The summed E-state index contributed by atoms with van der Waals surface area (Å²) in [6.07, 6.45) is 2.22. The molecule has 0 bridgehead atoms. The number of aromatic nitrogens is 2. The van der Waals surface area contributed by atoms with Gasteiger partial charge < -0.3 is 10.1 Å². The summed E-state index contributed by atoms with van der Waals surface area (Å²) in [7, 11) is 0. The van der Waals surface area contributed by atoms with Gasteiger partial charge in [-0.1, -0.05) is 6.92 Å². The van der Waals surface area contributed by atoms with Gasteiger partial charge in [-0.15, -0.1) is 0 Å². The Bertz CT molecular complexity index is 486. The fourth-order valence-corrected chi connectivity index (χ4v) is 2.80. The van der Waals surface area contributed by atoms with Crippen LogP contribution < -0.4 is 5.32 Å². The Labute approximate surface area is 118 Å². The minimum absolute atomic E-state index is 0.0822. The first-order valence-corrected chi connectivity index (χ1v) is 7.15. The topological polar surface area (TPSA) is 82.2 Å². The van der Waals surface area contributed by atoms with Crippen molar-refractivity contribution in [2.75, 3.05) is 18.5 Å². The minimum atomic E-state index is -0.362. The fraction of sp³-hybridized carbons (Fsp3) is 0.769. The molecular weight excluding hydrogens is 260 g/mol. The van der Waals surface area contributed by atoms with Gasteiger partial charge in [-0.3, -0.25) is 10.1 Å². The normalized spacial score (nSPS) is 22.1. The van der Waals surface area contributed by atoms with Crippen LogP contribution in [0.5, 0.6) is 0 Å². The Morgan fingerprint density at radius 3 is 2.90 bits per heavy atom. The molecule has 2 heterocycles. The highest BCUT2D eigenvalue weighted by Crippen LogP contribution is 2.30. The van der Waals surface area contributed by atoms with Gasteiger partial charge in [0.15, 0.2) is 0 Å². The van der Waals surface area contributed by atoms with E-state index in [0.717, 1.165) is 19.4 Å². The molecule has 1 aromatic rings. The van der Waals surface area contributed by atoms with Gasteiger partial charge in [0.25, 0.3) is 0 Å². The van der Waals surface area contributed by atoms with E-state index < -0.39 is 0 Å². The molecule has 0 aromatic carbocycles. The molecule has 0 aliphatic carbocycles. The molecule has 7 nitrogen and oxygen atoms in total. The highest BCUT2D eigenvalue weighted by Gasteiger charge is 2.29. The van der Waals surface area contributed by atoms with E-state index in [4.69, 9.17) is 4.74 Å². The zero-order valence-corrected chi connectivity index (χ0v) is 12.3. The second-order valence-corrected chi connectivity index (χ2v) is 5.10. The maximum Gasteiger partial charge on any atom is 0.333 e. The Kier molecular flexibility index (Phi) is 4.59. The number of hydrogen-bond donors (Lipinski definition) is 1. The van der Waals surface area contributed by atoms with Crippen molar-refractivity contribution in [2.24, 2.45) is 5.92 Å². The first-order valence-electron chi connectivity index (χ1n) is 7.15. The van der Waals surface area contributed by atoms with E-state index in [1.54, 1.807) is 11.6 Å². The van der Waals surface area contributed by atoms with E-state index in [1.165, 1.54) is 0 Å². The zero-order chi connectivity index (χ0) is 14.7. The second kappa shape index (κ2) is 6.21. The van der Waals surface area contributed by atoms with Crippen LogP contribution in [-0.4, -0.2) is 34.0 Å². The standard InChI is InChI=1S/C13H22N4O3/c1-4-11-10(6-7-20-11)8-14-13-12(17(18)19)9(3)15-16(13)5-2/h10-11,14H,4-8H2,1-3H3. The van der Waals surface area contributed by atoms with Crippen molar-refractivity contribution < 1.29 is 9.66 Å². The minimum Gasteiger partial charge on any atom is -0.378 e. The lowest BCUT2D eigenvalue weighted by Gasteiger charge is -2.17. The Hall–Kier alpha value is -1.63. The number of rotatable bonds is 6. The maximum atomic E-state index is 11.2. The molecule has 20 heavy (non-hydrogen) atoms. The van der Waals surface area contributed by atoms with Crippen molar-refractivity contribution in [3.8, 4) is 0 Å². The molecule has 0 amide bonds. The SMILES string of the molecule is CCC1OCCC1CNc1c([N+](=O)[O-])c(C)nn1CC. The first-order chi connectivity index (χ1) is 9.58. The lowest BCUT2D eigenvalue weighted by Crippen LogP contribution is -2.24. The van der Waals surface area contributed by atoms with E-state index >= 15 is 0 Å². The molecule has 1 aliphatic rings. The smallest absolute Gasteiger partial charge is 0.333 e. The quantitative estimate of drug-likeness (QED) is 0.639. The van der Waals surface area contributed by atoms with E-state index in [0.29, 0.717) is 30.5 Å². The van der Waals surface area contributed by atoms with Gasteiger partial charge in [-0.25, -0.2) is 4.68 Å². The molecule has 1 aromatic heterocycles. The van der Waals surface area contributed by atoms with Crippen LogP contribution in [0.15, 0.2) is 0 Å². The predicted octanol–water partition coefficient (Wildman–Crippen LogP) is 2.35. The number of nitrogens with zero attached hydrogens (tertiary/aromatic N) is 3. The lowest BCUT2D eigenvalue weighted by molar-refractivity contribution is -0.384. The number of hydrogen-bond acceptors (Lipinski definition) is 5. The molecule has 0 radical (unpaired) electrons. The number of nitro groups is 1. The van der Waals surface area contributed by atoms with Crippen molar-refractivity contribution >= 4 is 11.5 Å². The molecule has 2 unspecified atom stereocenters. The summed E-state index contributed by atoms with van der Waals surface area (Å²) in [5.74, 6) is 0.914. The van der Waals surface area contributed by atoms with Crippen LogP contribution in [0.3, 0.4) is 0 Å². The molecule has 0 saturated carbocycles. The monoisotopic (exact) mass is 282 g/mol. The summed E-state index contributed by atoms with van der Waals surface area (Å²) in [4.78, 5) is 10.8. The summed E-state index contributed by atoms with van der Waals surface area (Å²) in [6.45, 7) is 7.77. The number of aryl methyl sites for hydroxylation is 2. The Balaban J connectivity index is 2.14. The summed E-state index contributed by atoms with van der Waals surface area (Å²) < 4.78 is 7.30. The van der Waals surface area contributed by atoms with Crippen molar-refractivity contribution in [1.29, 1.82) is 0 Å². The zero-order valence-electron chi connectivity index (χ0n) is 12.3. The Morgan fingerprint density at radius 1 is 1.55 bits per heavy atom. The van der Waals surface area contributed by atoms with E-state index in [1.807, 2.05) is 6.92 Å². The van der Waals surface area contributed by atoms with Crippen LogP contribution in [0, 0.1) is 23.0 Å². The van der Waals surface area contributed by atoms with Crippen molar-refractivity contribution in [1.82, 2.24) is 9.78 Å². The first kappa shape index (κ1) is 14.8. The molecule has 112 valence electrons. The summed E-state index contributed by atoms with van der Waals surface area (Å²) >= 11 is 0. The second-order valence-electron chi connectivity index (χ2n) is 5.10. The summed E-state index contributed by atoms with van der Waals surface area (Å²) in [6, 6.07) is 0. The molecule has 7 heteroatoms. The predicted molar refractivity (Wildman–Crippen MR) is 75.9 cm³/mol. The van der Waals surface area contributed by atoms with E-state index in [2.05, 4.69) is 17.3 Å². The van der Waals surface area contributed by atoms with E-state index in [9.17, 15) is 10.1 Å². The van der Waals surface area contributed by atoms with Crippen molar-refractivity contribution in [3.63, 3.8) is 0 Å². The van der Waals surface area contributed by atoms with Crippen molar-refractivity contribution in [2.45, 2.75) is 46.3 Å². The molecule has 1 aliphatic heterocycles. The number of ether oxygens (including phenoxy) is 1. The maximum absolute atomic E-state index is 11.2. The highest BCUT2D eigenvalue weighted by molar-refractivity contribution is 5.59. The highest BCUT2D eigenvalue weighted by atomic mass is 16.6. The van der Waals surface area contributed by atoms with Crippen LogP contribution in [0.2, 0.25) is 0 Å². The van der Waals surface area contributed by atoms with Crippen LogP contribution in [0.25, 0.3) is 0 Å². The largest absolute Gasteiger partial charge is 0.378 e. The molecule has 1 saturated heterocycles. The van der Waals surface area contributed by atoms with Crippen LogP contribution in [0.1, 0.15) is 32.4 Å². The van der Waals surface area contributed by atoms with Gasteiger partial charge >= 0.3 is 5.69 Å². The van der Waals surface area contributed by atoms with Crippen LogP contribution >= 0.6 is 0 Å². The van der Waals surface area contributed by atoms with Gasteiger partial charge in [0.2, 0.25) is 5.82 Å². The number of anilines is 1. The summed E-state index contributed by atoms with van der Waals surface area (Å²) in [5, 5.41) is 18.6. The number of nitrogens with one attached hydrogen (secondary N) is 1. The third-order valence-electron chi connectivity index (χ3n) is 3.86. The average molecular weight is 282 g/mol. The molecule has 1 N–H and O–H groups in total. The average Bonchev–Trinajstić information content (AvgIpc) is 2.99. The third-order valence-corrected chi connectivity index (χ3v) is 3.86. The Morgan fingerprint density at radius 2 is 2.30 bits per heavy atom. The van der Waals surface area contributed by atoms with Crippen LogP contribution in [-0.2, 0) is 11.3 Å². The fourth-order valence-electron chi connectivity index (χ4n) is 2.80. The third kappa shape index (κ3) is 2.77.